The molecule has 1 saturated heterocycles. The number of nitrogens with zero attached hydrogens (tertiary/aromatic N) is 1. The summed E-state index contributed by atoms with van der Waals surface area (Å²) < 4.78 is 86.0. The molecule has 1 rings (SSSR count). The number of likely N-dealkylation sites (tertiary alicyclic amines) is 1. The van der Waals surface area contributed by atoms with Crippen LogP contribution >= 0.6 is 15.9 Å². The average molecular weight is 444 g/mol. The summed E-state index contributed by atoms with van der Waals surface area (Å²) in [4.78, 5) is 13.2. The topological polar surface area (TPSA) is 38.8 Å². The molecule has 1 fully saturated rings. The van der Waals surface area contributed by atoms with Crippen LogP contribution in [0.3, 0.4) is 0 Å². The highest BCUT2D eigenvalue weighted by Crippen LogP contribution is 2.41. The molecule has 0 N–H and O–H groups in total. The van der Waals surface area contributed by atoms with Gasteiger partial charge in [0.25, 0.3) is 0 Å². The van der Waals surface area contributed by atoms with E-state index in [1.807, 2.05) is 0 Å². The van der Waals surface area contributed by atoms with Gasteiger partial charge in [0.05, 0.1) is 5.60 Å². The van der Waals surface area contributed by atoms with Crippen molar-refractivity contribution in [3.63, 3.8) is 0 Å². The highest BCUT2D eigenvalue weighted by atomic mass is 79.9. The summed E-state index contributed by atoms with van der Waals surface area (Å²) >= 11 is 2.94. The minimum Gasteiger partial charge on any atom is -0.444 e. The SMILES string of the molecule is CC(C)(C)OC(=O)N1CCC(CBr)(OC(C(F)(F)F)C(F)(F)F)CC1. The molecule has 0 aromatic rings. The van der Waals surface area contributed by atoms with Crippen molar-refractivity contribution in [3.8, 4) is 0 Å². The van der Waals surface area contributed by atoms with Crippen LogP contribution in [0, 0.1) is 0 Å². The van der Waals surface area contributed by atoms with E-state index in [0.717, 1.165) is 0 Å². The van der Waals surface area contributed by atoms with Crippen molar-refractivity contribution in [3.05, 3.63) is 0 Å². The maximum absolute atomic E-state index is 12.7. The van der Waals surface area contributed by atoms with E-state index in [2.05, 4.69) is 20.7 Å². The van der Waals surface area contributed by atoms with Gasteiger partial charge in [0.1, 0.15) is 5.60 Å². The van der Waals surface area contributed by atoms with Gasteiger partial charge in [0, 0.05) is 18.4 Å². The molecule has 0 radical (unpaired) electrons. The number of hydrogen-bond donors (Lipinski definition) is 0. The molecule has 1 aliphatic heterocycles. The molecule has 0 aromatic carbocycles. The first-order chi connectivity index (χ1) is 11.1. The summed E-state index contributed by atoms with van der Waals surface area (Å²) in [6.45, 7) is 4.82. The molecule has 148 valence electrons. The van der Waals surface area contributed by atoms with Crippen LogP contribution in [0.5, 0.6) is 0 Å². The first kappa shape index (κ1) is 22.3. The lowest BCUT2D eigenvalue weighted by Crippen LogP contribution is -2.56. The number of rotatable bonds is 3. The highest BCUT2D eigenvalue weighted by molar-refractivity contribution is 9.09. The Morgan fingerprint density at radius 2 is 1.52 bits per heavy atom. The van der Waals surface area contributed by atoms with E-state index in [0.29, 0.717) is 0 Å². The van der Waals surface area contributed by atoms with Crippen LogP contribution in [-0.2, 0) is 9.47 Å². The smallest absolute Gasteiger partial charge is 0.423 e. The molecule has 0 bridgehead atoms. The number of piperidine rings is 1. The fourth-order valence-corrected chi connectivity index (χ4v) is 2.97. The van der Waals surface area contributed by atoms with Gasteiger partial charge in [0.2, 0.25) is 6.10 Å². The van der Waals surface area contributed by atoms with Crippen molar-refractivity contribution in [1.29, 1.82) is 0 Å². The summed E-state index contributed by atoms with van der Waals surface area (Å²) in [5.41, 5.74) is -2.43. The Labute approximate surface area is 149 Å². The molecular weight excluding hydrogens is 424 g/mol. The number of ether oxygens (including phenoxy) is 2. The molecule has 0 aromatic heterocycles. The highest BCUT2D eigenvalue weighted by Gasteiger charge is 2.60. The predicted octanol–water partition coefficient (Wildman–Crippen LogP) is 4.66. The molecule has 1 amide bonds. The third kappa shape index (κ3) is 6.50. The molecule has 0 atom stereocenters. The lowest BCUT2D eigenvalue weighted by atomic mass is 9.93. The Bertz CT molecular complexity index is 453. The van der Waals surface area contributed by atoms with Gasteiger partial charge < -0.3 is 14.4 Å². The molecule has 0 unspecified atom stereocenters. The normalized spacial score (nSPS) is 19.2. The molecule has 0 aliphatic carbocycles. The van der Waals surface area contributed by atoms with Crippen LogP contribution in [0.1, 0.15) is 33.6 Å². The number of carbonyl (C=O) groups excluding carboxylic acids is 1. The van der Waals surface area contributed by atoms with Gasteiger partial charge >= 0.3 is 18.4 Å². The quantitative estimate of drug-likeness (QED) is 0.470. The second-order valence-corrected chi connectivity index (χ2v) is 7.43. The summed E-state index contributed by atoms with van der Waals surface area (Å²) in [6, 6.07) is 0. The van der Waals surface area contributed by atoms with Gasteiger partial charge in [-0.05, 0) is 33.6 Å². The van der Waals surface area contributed by atoms with Gasteiger partial charge in [-0.1, -0.05) is 15.9 Å². The third-order valence-electron chi connectivity index (χ3n) is 3.53. The van der Waals surface area contributed by atoms with Gasteiger partial charge in [0.15, 0.2) is 0 Å². The van der Waals surface area contributed by atoms with E-state index < -0.39 is 35.8 Å². The summed E-state index contributed by atoms with van der Waals surface area (Å²) in [5, 5.41) is -0.217. The summed E-state index contributed by atoms with van der Waals surface area (Å²) in [7, 11) is 0. The van der Waals surface area contributed by atoms with Crippen molar-refractivity contribution in [1.82, 2.24) is 4.90 Å². The van der Waals surface area contributed by atoms with Gasteiger partial charge in [-0.25, -0.2) is 4.79 Å². The largest absolute Gasteiger partial charge is 0.444 e. The first-order valence-corrected chi connectivity index (χ1v) is 8.57. The number of alkyl halides is 7. The Morgan fingerprint density at radius 1 is 1.08 bits per heavy atom. The molecule has 1 aliphatic rings. The third-order valence-corrected chi connectivity index (χ3v) is 4.55. The van der Waals surface area contributed by atoms with E-state index >= 15 is 0 Å². The lowest BCUT2D eigenvalue weighted by molar-refractivity contribution is -0.345. The number of amides is 1. The maximum Gasteiger partial charge on any atom is 0.423 e. The number of halogens is 7. The second-order valence-electron chi connectivity index (χ2n) is 6.87. The molecular formula is C14H20BrF6NO3. The molecule has 25 heavy (non-hydrogen) atoms. The van der Waals surface area contributed by atoms with E-state index in [1.165, 1.54) is 4.90 Å². The summed E-state index contributed by atoms with van der Waals surface area (Å²) in [5.74, 6) is 0. The monoisotopic (exact) mass is 443 g/mol. The number of hydrogen-bond acceptors (Lipinski definition) is 3. The van der Waals surface area contributed by atoms with Crippen LogP contribution in [0.15, 0.2) is 0 Å². The Kier molecular flexibility index (Phi) is 6.70. The zero-order chi connectivity index (χ0) is 19.7. The van der Waals surface area contributed by atoms with Crippen molar-refractivity contribution >= 4 is 22.0 Å². The van der Waals surface area contributed by atoms with Gasteiger partial charge in [-0.3, -0.25) is 0 Å². The second kappa shape index (κ2) is 7.50. The number of carbonyl (C=O) groups is 1. The van der Waals surface area contributed by atoms with E-state index in [1.54, 1.807) is 20.8 Å². The zero-order valence-corrected chi connectivity index (χ0v) is 15.5. The Balaban J connectivity index is 2.82. The Morgan fingerprint density at radius 3 is 1.84 bits per heavy atom. The van der Waals surface area contributed by atoms with E-state index in [4.69, 9.17) is 4.74 Å². The Hall–Kier alpha value is -0.710. The van der Waals surface area contributed by atoms with Crippen LogP contribution in [0.4, 0.5) is 31.1 Å². The van der Waals surface area contributed by atoms with Crippen LogP contribution in [0.2, 0.25) is 0 Å². The van der Waals surface area contributed by atoms with Gasteiger partial charge in [-0.15, -0.1) is 0 Å². The van der Waals surface area contributed by atoms with E-state index in [-0.39, 0.29) is 31.3 Å². The summed E-state index contributed by atoms with van der Waals surface area (Å²) in [6.07, 6.45) is -16.0. The molecule has 0 spiro atoms. The average Bonchev–Trinajstić information content (AvgIpc) is 2.41. The first-order valence-electron chi connectivity index (χ1n) is 7.45. The maximum atomic E-state index is 12.7. The van der Waals surface area contributed by atoms with Crippen LogP contribution in [-0.4, -0.2) is 59.1 Å². The standard InChI is InChI=1S/C14H20BrF6NO3/c1-11(2,3)25-10(23)22-6-4-12(8-15,5-7-22)24-9(13(16,17)18)14(19,20)21/h9H,4-8H2,1-3H3. The fourth-order valence-electron chi connectivity index (χ4n) is 2.28. The molecule has 1 heterocycles. The minimum atomic E-state index is -5.57. The zero-order valence-electron chi connectivity index (χ0n) is 13.9. The van der Waals surface area contributed by atoms with E-state index in [9.17, 15) is 31.1 Å². The van der Waals surface area contributed by atoms with Crippen LogP contribution in [0.25, 0.3) is 0 Å². The molecule has 4 nitrogen and oxygen atoms in total. The van der Waals surface area contributed by atoms with Gasteiger partial charge in [-0.2, -0.15) is 26.3 Å². The van der Waals surface area contributed by atoms with Crippen molar-refractivity contribution in [2.45, 2.75) is 63.3 Å². The fraction of sp³-hybridized carbons (Fsp3) is 0.929. The lowest BCUT2D eigenvalue weighted by Gasteiger charge is -2.43. The minimum absolute atomic E-state index is 0.0665. The van der Waals surface area contributed by atoms with Crippen LogP contribution < -0.4 is 0 Å². The van der Waals surface area contributed by atoms with Crippen molar-refractivity contribution in [2.24, 2.45) is 0 Å². The molecule has 11 heteroatoms. The predicted molar refractivity (Wildman–Crippen MR) is 80.5 cm³/mol. The van der Waals surface area contributed by atoms with Crippen molar-refractivity contribution < 1.29 is 40.6 Å². The molecule has 0 saturated carbocycles. The van der Waals surface area contributed by atoms with Crippen molar-refractivity contribution in [2.75, 3.05) is 18.4 Å².